The van der Waals surface area contributed by atoms with E-state index in [1.165, 1.54) is 24.2 Å². The van der Waals surface area contributed by atoms with Crippen LogP contribution in [0.25, 0.3) is 0 Å². The molecule has 0 aromatic heterocycles. The van der Waals surface area contributed by atoms with Gasteiger partial charge in [0.2, 0.25) is 0 Å². The Hall–Kier alpha value is -1.02. The number of hydrogen-bond donors (Lipinski definition) is 1. The van der Waals surface area contributed by atoms with Gasteiger partial charge in [0.1, 0.15) is 0 Å². The second kappa shape index (κ2) is 4.88. The minimum absolute atomic E-state index is 0.661. The predicted octanol–water partition coefficient (Wildman–Crippen LogP) is 2.42. The number of nitrogens with two attached hydrogens (primary N) is 1. The standard InChI is InChI=1S/C14H22N2/c1-11-9-12(2)16(10-11)14-6-4-3-5-13(14)7-8-15/h3-6,11-12H,7-10,15H2,1-2H3. The summed E-state index contributed by atoms with van der Waals surface area (Å²) in [5, 5.41) is 0. The topological polar surface area (TPSA) is 29.3 Å². The molecule has 0 saturated carbocycles. The molecule has 88 valence electrons. The Morgan fingerprint density at radius 1 is 1.31 bits per heavy atom. The molecule has 2 atom stereocenters. The predicted molar refractivity (Wildman–Crippen MR) is 69.8 cm³/mol. The third-order valence-corrected chi connectivity index (χ3v) is 3.50. The summed E-state index contributed by atoms with van der Waals surface area (Å²) in [7, 11) is 0. The first-order valence-corrected chi connectivity index (χ1v) is 6.27. The summed E-state index contributed by atoms with van der Waals surface area (Å²) < 4.78 is 0. The van der Waals surface area contributed by atoms with Crippen molar-refractivity contribution in [2.24, 2.45) is 11.7 Å². The highest BCUT2D eigenvalue weighted by Crippen LogP contribution is 2.31. The minimum Gasteiger partial charge on any atom is -0.368 e. The number of hydrogen-bond acceptors (Lipinski definition) is 2. The lowest BCUT2D eigenvalue weighted by Gasteiger charge is -2.26. The summed E-state index contributed by atoms with van der Waals surface area (Å²) in [4.78, 5) is 2.54. The lowest BCUT2D eigenvalue weighted by atomic mass is 10.1. The van der Waals surface area contributed by atoms with E-state index in [0.717, 1.165) is 18.9 Å². The van der Waals surface area contributed by atoms with E-state index < -0.39 is 0 Å². The maximum Gasteiger partial charge on any atom is 0.0401 e. The van der Waals surface area contributed by atoms with Crippen LogP contribution in [0.4, 0.5) is 5.69 Å². The maximum atomic E-state index is 5.67. The zero-order valence-electron chi connectivity index (χ0n) is 10.3. The van der Waals surface area contributed by atoms with Crippen molar-refractivity contribution in [3.8, 4) is 0 Å². The van der Waals surface area contributed by atoms with E-state index >= 15 is 0 Å². The van der Waals surface area contributed by atoms with E-state index in [-0.39, 0.29) is 0 Å². The zero-order chi connectivity index (χ0) is 11.5. The van der Waals surface area contributed by atoms with Gasteiger partial charge < -0.3 is 10.6 Å². The smallest absolute Gasteiger partial charge is 0.0401 e. The molecule has 0 bridgehead atoms. The van der Waals surface area contributed by atoms with Crippen LogP contribution in [-0.4, -0.2) is 19.1 Å². The molecule has 0 amide bonds. The molecule has 2 heteroatoms. The van der Waals surface area contributed by atoms with Crippen molar-refractivity contribution in [3.05, 3.63) is 29.8 Å². The van der Waals surface area contributed by atoms with E-state index in [4.69, 9.17) is 5.73 Å². The molecule has 0 radical (unpaired) electrons. The normalized spacial score (nSPS) is 25.1. The van der Waals surface area contributed by atoms with Crippen molar-refractivity contribution in [2.75, 3.05) is 18.0 Å². The van der Waals surface area contributed by atoms with Crippen LogP contribution in [0.15, 0.2) is 24.3 Å². The Morgan fingerprint density at radius 2 is 2.06 bits per heavy atom. The van der Waals surface area contributed by atoms with Gasteiger partial charge in [-0.3, -0.25) is 0 Å². The van der Waals surface area contributed by atoms with Crippen LogP contribution in [0, 0.1) is 5.92 Å². The van der Waals surface area contributed by atoms with Gasteiger partial charge in [-0.25, -0.2) is 0 Å². The van der Waals surface area contributed by atoms with Gasteiger partial charge in [0.05, 0.1) is 0 Å². The second-order valence-corrected chi connectivity index (χ2v) is 5.01. The first-order valence-electron chi connectivity index (χ1n) is 6.27. The molecule has 2 nitrogen and oxygen atoms in total. The van der Waals surface area contributed by atoms with Crippen molar-refractivity contribution >= 4 is 5.69 Å². The van der Waals surface area contributed by atoms with Gasteiger partial charge in [-0.2, -0.15) is 0 Å². The summed E-state index contributed by atoms with van der Waals surface area (Å²) in [6.07, 6.45) is 2.28. The fourth-order valence-electron chi connectivity index (χ4n) is 2.79. The molecule has 16 heavy (non-hydrogen) atoms. The molecule has 0 aliphatic carbocycles. The molecule has 1 saturated heterocycles. The molecule has 1 heterocycles. The molecule has 2 unspecified atom stereocenters. The average Bonchev–Trinajstić information content (AvgIpc) is 2.59. The van der Waals surface area contributed by atoms with E-state index in [1.54, 1.807) is 0 Å². The summed E-state index contributed by atoms with van der Waals surface area (Å²) in [5.74, 6) is 0.806. The average molecular weight is 218 g/mol. The molecular formula is C14H22N2. The number of nitrogens with zero attached hydrogens (tertiary/aromatic N) is 1. The molecule has 1 aliphatic rings. The van der Waals surface area contributed by atoms with Crippen molar-refractivity contribution in [1.29, 1.82) is 0 Å². The number of rotatable bonds is 3. The number of benzene rings is 1. The third kappa shape index (κ3) is 2.22. The van der Waals surface area contributed by atoms with Crippen LogP contribution >= 0.6 is 0 Å². The van der Waals surface area contributed by atoms with E-state index in [0.29, 0.717) is 6.04 Å². The summed E-state index contributed by atoms with van der Waals surface area (Å²) >= 11 is 0. The summed E-state index contributed by atoms with van der Waals surface area (Å²) in [6, 6.07) is 9.34. The molecular weight excluding hydrogens is 196 g/mol. The summed E-state index contributed by atoms with van der Waals surface area (Å²) in [6.45, 7) is 6.57. The molecule has 1 aromatic carbocycles. The van der Waals surface area contributed by atoms with Crippen LogP contribution in [0.5, 0.6) is 0 Å². The van der Waals surface area contributed by atoms with Crippen LogP contribution in [0.1, 0.15) is 25.8 Å². The first kappa shape index (κ1) is 11.5. The lowest BCUT2D eigenvalue weighted by Crippen LogP contribution is -2.28. The molecule has 1 fully saturated rings. The summed E-state index contributed by atoms with van der Waals surface area (Å²) in [5.41, 5.74) is 8.46. The van der Waals surface area contributed by atoms with Crippen molar-refractivity contribution in [2.45, 2.75) is 32.7 Å². The lowest BCUT2D eigenvalue weighted by molar-refractivity contribution is 0.625. The van der Waals surface area contributed by atoms with Gasteiger partial charge >= 0.3 is 0 Å². The maximum absolute atomic E-state index is 5.67. The Labute approximate surface area is 98.4 Å². The zero-order valence-corrected chi connectivity index (χ0v) is 10.3. The third-order valence-electron chi connectivity index (χ3n) is 3.50. The van der Waals surface area contributed by atoms with E-state index in [2.05, 4.69) is 43.0 Å². The SMILES string of the molecule is CC1CC(C)N(c2ccccc2CCN)C1. The van der Waals surface area contributed by atoms with E-state index in [1.807, 2.05) is 0 Å². The quantitative estimate of drug-likeness (QED) is 0.844. The van der Waals surface area contributed by atoms with E-state index in [9.17, 15) is 0 Å². The van der Waals surface area contributed by atoms with Crippen molar-refractivity contribution in [3.63, 3.8) is 0 Å². The van der Waals surface area contributed by atoms with Crippen LogP contribution in [0.3, 0.4) is 0 Å². The number of para-hydroxylation sites is 1. The minimum atomic E-state index is 0.661. The Bertz CT molecular complexity index is 348. The van der Waals surface area contributed by atoms with Crippen LogP contribution < -0.4 is 10.6 Å². The highest BCUT2D eigenvalue weighted by Gasteiger charge is 2.27. The fraction of sp³-hybridized carbons (Fsp3) is 0.571. The van der Waals surface area contributed by atoms with Crippen LogP contribution in [0.2, 0.25) is 0 Å². The molecule has 2 N–H and O–H groups in total. The molecule has 2 rings (SSSR count). The monoisotopic (exact) mass is 218 g/mol. The van der Waals surface area contributed by atoms with Gasteiger partial charge in [-0.1, -0.05) is 25.1 Å². The first-order chi connectivity index (χ1) is 7.72. The number of anilines is 1. The van der Waals surface area contributed by atoms with Crippen molar-refractivity contribution in [1.82, 2.24) is 0 Å². The van der Waals surface area contributed by atoms with Gasteiger partial charge in [-0.05, 0) is 43.9 Å². The molecule has 1 aromatic rings. The van der Waals surface area contributed by atoms with Gasteiger partial charge in [0, 0.05) is 18.3 Å². The van der Waals surface area contributed by atoms with Gasteiger partial charge in [-0.15, -0.1) is 0 Å². The Morgan fingerprint density at radius 3 is 2.69 bits per heavy atom. The highest BCUT2D eigenvalue weighted by atomic mass is 15.2. The highest BCUT2D eigenvalue weighted by molar-refractivity contribution is 5.55. The van der Waals surface area contributed by atoms with Gasteiger partial charge in [0.15, 0.2) is 0 Å². The Balaban J connectivity index is 2.25. The molecule has 0 spiro atoms. The largest absolute Gasteiger partial charge is 0.368 e. The fourth-order valence-corrected chi connectivity index (χ4v) is 2.79. The second-order valence-electron chi connectivity index (χ2n) is 5.01. The van der Waals surface area contributed by atoms with Gasteiger partial charge in [0.25, 0.3) is 0 Å². The van der Waals surface area contributed by atoms with Crippen LogP contribution in [-0.2, 0) is 6.42 Å². The Kier molecular flexibility index (Phi) is 3.49. The van der Waals surface area contributed by atoms with Crippen molar-refractivity contribution < 1.29 is 0 Å². The molecule has 1 aliphatic heterocycles.